The fourth-order valence-electron chi connectivity index (χ4n) is 3.80. The van der Waals surface area contributed by atoms with E-state index in [-0.39, 0.29) is 0 Å². The van der Waals surface area contributed by atoms with Crippen molar-refractivity contribution in [3.63, 3.8) is 0 Å². The van der Waals surface area contributed by atoms with Gasteiger partial charge in [-0.05, 0) is 42.5 Å². The smallest absolute Gasteiger partial charge is 0.0408 e. The number of likely N-dealkylation sites (N-methyl/N-ethyl adjacent to an activating group) is 1. The van der Waals surface area contributed by atoms with E-state index in [1.54, 1.807) is 5.56 Å². The highest BCUT2D eigenvalue weighted by Crippen LogP contribution is 2.47. The first-order chi connectivity index (χ1) is 10.2. The Morgan fingerprint density at radius 3 is 2.52 bits per heavy atom. The van der Waals surface area contributed by atoms with Crippen molar-refractivity contribution in [2.24, 2.45) is 0 Å². The number of fused-ring (bicyclic) bond motifs is 1. The molecule has 0 saturated carbocycles. The highest BCUT2D eigenvalue weighted by atomic mass is 15.2. The lowest BCUT2D eigenvalue weighted by molar-refractivity contribution is 0.476. The normalized spacial score (nSPS) is 21.0. The molecule has 1 aliphatic heterocycles. The predicted octanol–water partition coefficient (Wildman–Crippen LogP) is 5.70. The third-order valence-corrected chi connectivity index (χ3v) is 4.78. The van der Waals surface area contributed by atoms with Crippen LogP contribution in [0.5, 0.6) is 0 Å². The second kappa shape index (κ2) is 6.98. The fraction of sp³-hybridized carbons (Fsp3) is 0.500. The molecule has 114 valence electrons. The molecule has 1 heterocycles. The van der Waals surface area contributed by atoms with Crippen molar-refractivity contribution in [3.8, 4) is 0 Å². The monoisotopic (exact) mass is 283 g/mol. The molecule has 0 aliphatic carbocycles. The number of nitrogens with zero attached hydrogens (tertiary/aromatic N) is 1. The molecule has 0 amide bonds. The van der Waals surface area contributed by atoms with E-state index in [0.717, 1.165) is 0 Å². The van der Waals surface area contributed by atoms with E-state index in [9.17, 15) is 0 Å². The van der Waals surface area contributed by atoms with Gasteiger partial charge in [0.1, 0.15) is 0 Å². The third kappa shape index (κ3) is 2.92. The van der Waals surface area contributed by atoms with Crippen molar-refractivity contribution in [2.75, 3.05) is 11.9 Å². The number of hydrogen-bond donors (Lipinski definition) is 0. The summed E-state index contributed by atoms with van der Waals surface area (Å²) in [7, 11) is 2.27. The summed E-state index contributed by atoms with van der Waals surface area (Å²) in [5.41, 5.74) is 5.78. The summed E-state index contributed by atoms with van der Waals surface area (Å²) in [6.07, 6.45) is 11.2. The molecule has 0 spiro atoms. The average molecular weight is 283 g/mol. The van der Waals surface area contributed by atoms with Crippen LogP contribution in [0.15, 0.2) is 30.9 Å². The third-order valence-electron chi connectivity index (χ3n) is 4.78. The van der Waals surface area contributed by atoms with Gasteiger partial charge in [0.2, 0.25) is 0 Å². The summed E-state index contributed by atoms with van der Waals surface area (Å²) in [4.78, 5) is 2.52. The Bertz CT molecular complexity index is 527. The molecule has 1 aromatic rings. The van der Waals surface area contributed by atoms with E-state index >= 15 is 0 Å². The molecule has 0 fully saturated rings. The Kier molecular flexibility index (Phi) is 5.27. The molecule has 2 unspecified atom stereocenters. The minimum Gasteiger partial charge on any atom is -0.371 e. The number of anilines is 1. The quantitative estimate of drug-likeness (QED) is 0.606. The fourth-order valence-corrected chi connectivity index (χ4v) is 3.80. The number of aryl methyl sites for hydroxylation is 1. The van der Waals surface area contributed by atoms with Gasteiger partial charge in [0.15, 0.2) is 0 Å². The molecular formula is C20H29N. The largest absolute Gasteiger partial charge is 0.371 e. The Hall–Kier alpha value is -1.50. The SMILES string of the molecule is C=C/C=C\c1c(C)ccc2c1C(CCC)C(CCC)N2C. The zero-order valence-corrected chi connectivity index (χ0v) is 14.0. The topological polar surface area (TPSA) is 3.24 Å². The van der Waals surface area contributed by atoms with Crippen molar-refractivity contribution in [1.29, 1.82) is 0 Å². The van der Waals surface area contributed by atoms with Gasteiger partial charge in [-0.25, -0.2) is 0 Å². The zero-order valence-electron chi connectivity index (χ0n) is 14.0. The number of hydrogen-bond acceptors (Lipinski definition) is 1. The van der Waals surface area contributed by atoms with Gasteiger partial charge in [0, 0.05) is 24.7 Å². The van der Waals surface area contributed by atoms with Crippen LogP contribution < -0.4 is 4.90 Å². The standard InChI is InChI=1S/C20H29N/c1-6-9-12-16-15(4)13-14-19-20(16)17(10-7-2)18(11-8-3)21(19)5/h6,9,12-14,17-18H,1,7-8,10-11H2,2-5H3/b12-9-. The Balaban J connectivity index is 2.55. The van der Waals surface area contributed by atoms with Gasteiger partial charge >= 0.3 is 0 Å². The van der Waals surface area contributed by atoms with Crippen molar-refractivity contribution in [3.05, 3.63) is 47.6 Å². The van der Waals surface area contributed by atoms with Gasteiger partial charge in [-0.1, -0.05) is 57.6 Å². The molecule has 2 atom stereocenters. The highest BCUT2D eigenvalue weighted by molar-refractivity contribution is 5.73. The second-order valence-electron chi connectivity index (χ2n) is 6.19. The Morgan fingerprint density at radius 2 is 1.90 bits per heavy atom. The van der Waals surface area contributed by atoms with Crippen molar-refractivity contribution >= 4 is 11.8 Å². The van der Waals surface area contributed by atoms with Gasteiger partial charge in [-0.2, -0.15) is 0 Å². The summed E-state index contributed by atoms with van der Waals surface area (Å²) in [5, 5.41) is 0. The van der Waals surface area contributed by atoms with E-state index in [4.69, 9.17) is 0 Å². The molecule has 0 bridgehead atoms. The summed E-state index contributed by atoms with van der Waals surface area (Å²) in [5.74, 6) is 0.666. The van der Waals surface area contributed by atoms with Crippen LogP contribution >= 0.6 is 0 Å². The second-order valence-corrected chi connectivity index (χ2v) is 6.19. The predicted molar refractivity (Wildman–Crippen MR) is 95.2 cm³/mol. The van der Waals surface area contributed by atoms with Crippen LogP contribution in [-0.2, 0) is 0 Å². The molecule has 0 N–H and O–H groups in total. The van der Waals surface area contributed by atoms with E-state index in [1.165, 1.54) is 42.5 Å². The van der Waals surface area contributed by atoms with E-state index in [0.29, 0.717) is 12.0 Å². The van der Waals surface area contributed by atoms with Crippen molar-refractivity contribution in [1.82, 2.24) is 0 Å². The maximum absolute atomic E-state index is 3.82. The lowest BCUT2D eigenvalue weighted by atomic mass is 9.84. The zero-order chi connectivity index (χ0) is 15.4. The van der Waals surface area contributed by atoms with E-state index in [1.807, 2.05) is 6.08 Å². The summed E-state index contributed by atoms with van der Waals surface area (Å²) < 4.78 is 0. The van der Waals surface area contributed by atoms with E-state index in [2.05, 4.69) is 63.6 Å². The first-order valence-corrected chi connectivity index (χ1v) is 8.31. The average Bonchev–Trinajstić information content (AvgIpc) is 2.73. The first-order valence-electron chi connectivity index (χ1n) is 8.31. The van der Waals surface area contributed by atoms with Crippen LogP contribution in [0.25, 0.3) is 6.08 Å². The summed E-state index contributed by atoms with van der Waals surface area (Å²) in [6, 6.07) is 5.23. The lowest BCUT2D eigenvalue weighted by Crippen LogP contribution is -2.30. The van der Waals surface area contributed by atoms with Gasteiger partial charge < -0.3 is 4.90 Å². The number of allylic oxidation sites excluding steroid dienone is 2. The van der Waals surface area contributed by atoms with Gasteiger partial charge in [0.25, 0.3) is 0 Å². The highest BCUT2D eigenvalue weighted by Gasteiger charge is 2.36. The summed E-state index contributed by atoms with van der Waals surface area (Å²) in [6.45, 7) is 10.6. The molecule has 2 rings (SSSR count). The Labute approximate surface area is 130 Å². The van der Waals surface area contributed by atoms with Crippen molar-refractivity contribution in [2.45, 2.75) is 58.4 Å². The maximum Gasteiger partial charge on any atom is 0.0408 e. The molecule has 1 aliphatic rings. The van der Waals surface area contributed by atoms with Crippen LogP contribution in [0.3, 0.4) is 0 Å². The molecule has 0 aromatic heterocycles. The van der Waals surface area contributed by atoms with Crippen LogP contribution in [0.1, 0.15) is 62.1 Å². The number of benzene rings is 1. The van der Waals surface area contributed by atoms with Crippen LogP contribution in [0, 0.1) is 6.92 Å². The van der Waals surface area contributed by atoms with Gasteiger partial charge in [0.05, 0.1) is 0 Å². The molecular weight excluding hydrogens is 254 g/mol. The van der Waals surface area contributed by atoms with Crippen molar-refractivity contribution < 1.29 is 0 Å². The maximum atomic E-state index is 3.82. The molecule has 1 nitrogen and oxygen atoms in total. The molecule has 21 heavy (non-hydrogen) atoms. The van der Waals surface area contributed by atoms with Gasteiger partial charge in [-0.3, -0.25) is 0 Å². The minimum absolute atomic E-state index is 0.655. The molecule has 0 saturated heterocycles. The van der Waals surface area contributed by atoms with Crippen LogP contribution in [-0.4, -0.2) is 13.1 Å². The van der Waals surface area contributed by atoms with Gasteiger partial charge in [-0.15, -0.1) is 0 Å². The van der Waals surface area contributed by atoms with Crippen LogP contribution in [0.4, 0.5) is 5.69 Å². The summed E-state index contributed by atoms with van der Waals surface area (Å²) >= 11 is 0. The number of rotatable bonds is 6. The Morgan fingerprint density at radius 1 is 1.19 bits per heavy atom. The van der Waals surface area contributed by atoms with E-state index < -0.39 is 0 Å². The lowest BCUT2D eigenvalue weighted by Gasteiger charge is -2.26. The molecule has 1 aromatic carbocycles. The molecule has 0 radical (unpaired) electrons. The first kappa shape index (κ1) is 15.9. The van der Waals surface area contributed by atoms with Crippen LogP contribution in [0.2, 0.25) is 0 Å². The molecule has 1 heteroatoms. The minimum atomic E-state index is 0.655.